The highest BCUT2D eigenvalue weighted by atomic mass is 19.1. The molecule has 0 aliphatic rings. The molecule has 4 nitrogen and oxygen atoms in total. The molecule has 3 rings (SSSR count). The van der Waals surface area contributed by atoms with Gasteiger partial charge in [-0.25, -0.2) is 4.39 Å². The quantitative estimate of drug-likeness (QED) is 0.726. The Kier molecular flexibility index (Phi) is 2.37. The molecule has 18 heavy (non-hydrogen) atoms. The number of nitrogens with one attached hydrogen (secondary N) is 1. The van der Waals surface area contributed by atoms with Crippen molar-refractivity contribution in [2.24, 2.45) is 0 Å². The van der Waals surface area contributed by atoms with Crippen LogP contribution in [0.25, 0.3) is 22.6 Å². The number of anilines is 1. The number of furan rings is 1. The van der Waals surface area contributed by atoms with E-state index in [4.69, 9.17) is 10.2 Å². The molecule has 0 fully saturated rings. The van der Waals surface area contributed by atoms with Gasteiger partial charge in [0.1, 0.15) is 11.5 Å². The van der Waals surface area contributed by atoms with Crippen molar-refractivity contribution in [1.82, 2.24) is 10.2 Å². The highest BCUT2D eigenvalue weighted by molar-refractivity contribution is 5.86. The zero-order valence-electron chi connectivity index (χ0n) is 9.35. The Morgan fingerprint density at radius 1 is 1.22 bits per heavy atom. The molecule has 0 amide bonds. The van der Waals surface area contributed by atoms with Crippen molar-refractivity contribution in [3.63, 3.8) is 0 Å². The number of H-pyrrole nitrogens is 1. The number of nitrogens with zero attached hydrogens (tertiary/aromatic N) is 1. The summed E-state index contributed by atoms with van der Waals surface area (Å²) in [6.45, 7) is 0. The Hall–Kier alpha value is -2.56. The lowest BCUT2D eigenvalue weighted by Crippen LogP contribution is -1.89. The summed E-state index contributed by atoms with van der Waals surface area (Å²) in [7, 11) is 0. The van der Waals surface area contributed by atoms with E-state index in [-0.39, 0.29) is 5.82 Å². The zero-order chi connectivity index (χ0) is 12.5. The minimum atomic E-state index is -0.321. The van der Waals surface area contributed by atoms with E-state index in [0.717, 1.165) is 0 Å². The maximum Gasteiger partial charge on any atom is 0.153 e. The molecule has 5 heteroatoms. The van der Waals surface area contributed by atoms with Crippen molar-refractivity contribution >= 4 is 5.82 Å². The van der Waals surface area contributed by atoms with Crippen LogP contribution in [0.3, 0.4) is 0 Å². The molecule has 0 saturated carbocycles. The average molecular weight is 243 g/mol. The topological polar surface area (TPSA) is 67.8 Å². The maximum absolute atomic E-state index is 13.3. The SMILES string of the molecule is Nc1n[nH]c(-c2ccco2)c1-c1cccc(F)c1. The lowest BCUT2D eigenvalue weighted by molar-refractivity contribution is 0.580. The van der Waals surface area contributed by atoms with Crippen LogP contribution in [0, 0.1) is 5.82 Å². The van der Waals surface area contributed by atoms with Gasteiger partial charge < -0.3 is 10.2 Å². The van der Waals surface area contributed by atoms with Crippen LogP contribution in [0.2, 0.25) is 0 Å². The number of aromatic nitrogens is 2. The minimum absolute atomic E-state index is 0.312. The molecular formula is C13H10FN3O. The minimum Gasteiger partial charge on any atom is -0.463 e. The molecule has 0 radical (unpaired) electrons. The molecular weight excluding hydrogens is 233 g/mol. The maximum atomic E-state index is 13.3. The van der Waals surface area contributed by atoms with Crippen molar-refractivity contribution in [1.29, 1.82) is 0 Å². The smallest absolute Gasteiger partial charge is 0.153 e. The van der Waals surface area contributed by atoms with Crippen LogP contribution in [-0.2, 0) is 0 Å². The number of nitrogens with two attached hydrogens (primary N) is 1. The number of hydrogen-bond donors (Lipinski definition) is 2. The van der Waals surface area contributed by atoms with Gasteiger partial charge in [-0.1, -0.05) is 12.1 Å². The zero-order valence-corrected chi connectivity index (χ0v) is 9.35. The van der Waals surface area contributed by atoms with Crippen LogP contribution in [-0.4, -0.2) is 10.2 Å². The van der Waals surface area contributed by atoms with E-state index in [2.05, 4.69) is 10.2 Å². The van der Waals surface area contributed by atoms with Gasteiger partial charge in [-0.2, -0.15) is 5.10 Å². The van der Waals surface area contributed by atoms with Crippen molar-refractivity contribution in [3.8, 4) is 22.6 Å². The summed E-state index contributed by atoms with van der Waals surface area (Å²) in [5.74, 6) is 0.601. The largest absolute Gasteiger partial charge is 0.463 e. The molecule has 0 bridgehead atoms. The third-order valence-corrected chi connectivity index (χ3v) is 2.68. The van der Waals surface area contributed by atoms with Crippen molar-refractivity contribution in [2.45, 2.75) is 0 Å². The monoisotopic (exact) mass is 243 g/mol. The van der Waals surface area contributed by atoms with Crippen LogP contribution in [0.15, 0.2) is 47.1 Å². The van der Waals surface area contributed by atoms with Gasteiger partial charge in [-0.15, -0.1) is 0 Å². The van der Waals surface area contributed by atoms with Gasteiger partial charge in [0.25, 0.3) is 0 Å². The van der Waals surface area contributed by atoms with E-state index in [0.29, 0.717) is 28.4 Å². The molecule has 2 heterocycles. The number of halogens is 1. The fourth-order valence-electron chi connectivity index (χ4n) is 1.89. The van der Waals surface area contributed by atoms with E-state index in [1.54, 1.807) is 30.5 Å². The lowest BCUT2D eigenvalue weighted by atomic mass is 10.0. The van der Waals surface area contributed by atoms with E-state index in [1.165, 1.54) is 12.1 Å². The summed E-state index contributed by atoms with van der Waals surface area (Å²) in [4.78, 5) is 0. The summed E-state index contributed by atoms with van der Waals surface area (Å²) >= 11 is 0. The second-order valence-electron chi connectivity index (χ2n) is 3.85. The fraction of sp³-hybridized carbons (Fsp3) is 0. The van der Waals surface area contributed by atoms with Gasteiger partial charge in [0.15, 0.2) is 11.6 Å². The first-order valence-corrected chi connectivity index (χ1v) is 5.39. The molecule has 0 unspecified atom stereocenters. The standard InChI is InChI=1S/C13H10FN3O/c14-9-4-1-3-8(7-9)11-12(16-17-13(11)15)10-5-2-6-18-10/h1-7H,(H3,15,16,17). The molecule has 0 saturated heterocycles. The predicted molar refractivity (Wildman–Crippen MR) is 66.1 cm³/mol. The van der Waals surface area contributed by atoms with Crippen molar-refractivity contribution < 1.29 is 8.81 Å². The fourth-order valence-corrected chi connectivity index (χ4v) is 1.89. The first-order valence-electron chi connectivity index (χ1n) is 5.39. The second-order valence-corrected chi connectivity index (χ2v) is 3.85. The third kappa shape index (κ3) is 1.66. The molecule has 3 N–H and O–H groups in total. The first-order chi connectivity index (χ1) is 8.75. The van der Waals surface area contributed by atoms with Gasteiger partial charge in [0, 0.05) is 0 Å². The number of rotatable bonds is 2. The molecule has 0 atom stereocenters. The number of nitrogen functional groups attached to an aromatic ring is 1. The van der Waals surface area contributed by atoms with Crippen LogP contribution in [0.5, 0.6) is 0 Å². The summed E-state index contributed by atoms with van der Waals surface area (Å²) < 4.78 is 18.6. The van der Waals surface area contributed by atoms with Crippen LogP contribution < -0.4 is 5.73 Å². The molecule has 0 aliphatic carbocycles. The summed E-state index contributed by atoms with van der Waals surface area (Å²) in [6, 6.07) is 9.75. The van der Waals surface area contributed by atoms with Crippen LogP contribution in [0.4, 0.5) is 10.2 Å². The highest BCUT2D eigenvalue weighted by Gasteiger charge is 2.16. The van der Waals surface area contributed by atoms with Gasteiger partial charge in [0.05, 0.1) is 11.8 Å². The lowest BCUT2D eigenvalue weighted by Gasteiger charge is -2.02. The Labute approximate surface area is 102 Å². The van der Waals surface area contributed by atoms with Crippen LogP contribution in [0.1, 0.15) is 0 Å². The molecule has 0 aliphatic heterocycles. The molecule has 0 spiro atoms. The van der Waals surface area contributed by atoms with Gasteiger partial charge >= 0.3 is 0 Å². The normalized spacial score (nSPS) is 10.7. The van der Waals surface area contributed by atoms with E-state index >= 15 is 0 Å². The van der Waals surface area contributed by atoms with E-state index in [1.807, 2.05) is 0 Å². The summed E-state index contributed by atoms with van der Waals surface area (Å²) in [5.41, 5.74) is 7.77. The molecule has 3 aromatic rings. The van der Waals surface area contributed by atoms with Gasteiger partial charge in [-0.05, 0) is 29.8 Å². The number of benzene rings is 1. The molecule has 1 aromatic carbocycles. The highest BCUT2D eigenvalue weighted by Crippen LogP contribution is 2.34. The Morgan fingerprint density at radius 2 is 2.11 bits per heavy atom. The first kappa shape index (κ1) is 10.6. The molecule has 2 aromatic heterocycles. The molecule has 90 valence electrons. The summed E-state index contributed by atoms with van der Waals surface area (Å²) in [6.07, 6.45) is 1.56. The van der Waals surface area contributed by atoms with Crippen molar-refractivity contribution in [2.75, 3.05) is 5.73 Å². The third-order valence-electron chi connectivity index (χ3n) is 2.68. The predicted octanol–water partition coefficient (Wildman–Crippen LogP) is 3.06. The van der Waals surface area contributed by atoms with E-state index in [9.17, 15) is 4.39 Å². The number of hydrogen-bond acceptors (Lipinski definition) is 3. The average Bonchev–Trinajstić information content (AvgIpc) is 2.97. The van der Waals surface area contributed by atoms with Gasteiger partial charge in [-0.3, -0.25) is 5.10 Å². The second kappa shape index (κ2) is 4.03. The summed E-state index contributed by atoms with van der Waals surface area (Å²) in [5, 5.41) is 6.75. The Bertz CT molecular complexity index is 673. The van der Waals surface area contributed by atoms with E-state index < -0.39 is 0 Å². The Balaban J connectivity index is 2.20. The van der Waals surface area contributed by atoms with Gasteiger partial charge in [0.2, 0.25) is 0 Å². The number of aromatic amines is 1. The van der Waals surface area contributed by atoms with Crippen LogP contribution >= 0.6 is 0 Å². The Morgan fingerprint density at radius 3 is 2.83 bits per heavy atom. The van der Waals surface area contributed by atoms with Crippen molar-refractivity contribution in [3.05, 3.63) is 48.5 Å².